The highest BCUT2D eigenvalue weighted by Gasteiger charge is 2.13. The average molecular weight is 328 g/mol. The number of benzene rings is 2. The number of nitrogens with zero attached hydrogens (tertiary/aromatic N) is 3. The molecule has 0 aliphatic carbocycles. The van der Waals surface area contributed by atoms with Crippen molar-refractivity contribution in [3.05, 3.63) is 72.4 Å². The zero-order valence-corrected chi connectivity index (χ0v) is 13.1. The minimum absolute atomic E-state index is 0.253. The Bertz CT molecular complexity index is 861. The molecule has 2 aromatic carbocycles. The number of aromatic nitrogens is 3. The Balaban J connectivity index is 1.65. The van der Waals surface area contributed by atoms with Gasteiger partial charge in [-0.3, -0.25) is 0 Å². The van der Waals surface area contributed by atoms with Crippen molar-refractivity contribution in [2.75, 3.05) is 0 Å². The van der Waals surface area contributed by atoms with E-state index in [0.717, 1.165) is 11.1 Å². The molecular formula is C16H16N4O2S. The van der Waals surface area contributed by atoms with Crippen molar-refractivity contribution in [3.63, 3.8) is 0 Å². The summed E-state index contributed by atoms with van der Waals surface area (Å²) in [5.74, 6) is -0.264. The first-order valence-electron chi connectivity index (χ1n) is 7.09. The van der Waals surface area contributed by atoms with Crippen LogP contribution in [0.5, 0.6) is 0 Å². The molecule has 118 valence electrons. The molecule has 0 atom stereocenters. The van der Waals surface area contributed by atoms with Crippen molar-refractivity contribution in [2.24, 2.45) is 0 Å². The molecule has 3 rings (SSSR count). The van der Waals surface area contributed by atoms with Crippen LogP contribution in [0.4, 0.5) is 0 Å². The molecule has 3 aromatic rings. The van der Waals surface area contributed by atoms with E-state index in [2.05, 4.69) is 15.0 Å². The predicted molar refractivity (Wildman–Crippen MR) is 87.7 cm³/mol. The summed E-state index contributed by atoms with van der Waals surface area (Å²) in [5.41, 5.74) is 2.44. The Hall–Kier alpha value is -2.51. The third-order valence-electron chi connectivity index (χ3n) is 3.25. The van der Waals surface area contributed by atoms with Gasteiger partial charge in [-0.05, 0) is 5.56 Å². The van der Waals surface area contributed by atoms with E-state index < -0.39 is 10.0 Å². The fourth-order valence-electron chi connectivity index (χ4n) is 2.11. The van der Waals surface area contributed by atoms with Gasteiger partial charge in [-0.1, -0.05) is 65.9 Å². The first-order chi connectivity index (χ1) is 11.1. The van der Waals surface area contributed by atoms with Crippen LogP contribution in [0.3, 0.4) is 0 Å². The van der Waals surface area contributed by atoms with E-state index in [-0.39, 0.29) is 12.4 Å². The molecule has 1 heterocycles. The molecule has 0 bridgehead atoms. The molecule has 23 heavy (non-hydrogen) atoms. The van der Waals surface area contributed by atoms with Gasteiger partial charge in [-0.15, -0.1) is 5.10 Å². The van der Waals surface area contributed by atoms with Crippen molar-refractivity contribution >= 4 is 10.0 Å². The lowest BCUT2D eigenvalue weighted by atomic mass is 10.2. The maximum atomic E-state index is 12.1. The lowest BCUT2D eigenvalue weighted by Crippen LogP contribution is -2.27. The van der Waals surface area contributed by atoms with Gasteiger partial charge < -0.3 is 0 Å². The van der Waals surface area contributed by atoms with Crippen molar-refractivity contribution < 1.29 is 8.42 Å². The summed E-state index contributed by atoms with van der Waals surface area (Å²) in [6.07, 6.45) is 1.62. The minimum Gasteiger partial charge on any atom is -0.235 e. The molecule has 7 heteroatoms. The van der Waals surface area contributed by atoms with E-state index in [9.17, 15) is 8.42 Å². The van der Waals surface area contributed by atoms with E-state index in [1.807, 2.05) is 60.7 Å². The summed E-state index contributed by atoms with van der Waals surface area (Å²) in [5, 5.41) is 7.89. The summed E-state index contributed by atoms with van der Waals surface area (Å²) in [6.45, 7) is 0.253. The van der Waals surface area contributed by atoms with Gasteiger partial charge in [0, 0.05) is 12.1 Å². The lowest BCUT2D eigenvalue weighted by molar-refractivity contribution is 0.557. The van der Waals surface area contributed by atoms with Crippen LogP contribution in [-0.2, 0) is 22.4 Å². The van der Waals surface area contributed by atoms with Crippen molar-refractivity contribution in [3.8, 4) is 11.3 Å². The number of hydrogen-bond donors (Lipinski definition) is 1. The Morgan fingerprint density at radius 3 is 2.30 bits per heavy atom. The van der Waals surface area contributed by atoms with Gasteiger partial charge in [0.25, 0.3) is 0 Å². The van der Waals surface area contributed by atoms with Crippen LogP contribution in [0.2, 0.25) is 0 Å². The van der Waals surface area contributed by atoms with E-state index in [0.29, 0.717) is 5.69 Å². The molecule has 6 nitrogen and oxygen atoms in total. The van der Waals surface area contributed by atoms with Gasteiger partial charge in [0.1, 0.15) is 5.69 Å². The molecule has 0 aliphatic rings. The minimum atomic E-state index is -3.49. The summed E-state index contributed by atoms with van der Waals surface area (Å²) in [4.78, 5) is 0. The zero-order chi connectivity index (χ0) is 16.1. The highest BCUT2D eigenvalue weighted by Crippen LogP contribution is 2.15. The first-order valence-corrected chi connectivity index (χ1v) is 8.74. The normalized spacial score (nSPS) is 11.5. The summed E-state index contributed by atoms with van der Waals surface area (Å²) >= 11 is 0. The molecular weight excluding hydrogens is 312 g/mol. The van der Waals surface area contributed by atoms with Gasteiger partial charge in [-0.2, -0.15) is 0 Å². The SMILES string of the molecule is O=S(=O)(Cn1cc(-c2ccccc2)nn1)NCc1ccccc1. The topological polar surface area (TPSA) is 76.9 Å². The molecule has 0 spiro atoms. The number of hydrogen-bond acceptors (Lipinski definition) is 4. The number of rotatable bonds is 6. The fraction of sp³-hybridized carbons (Fsp3) is 0.125. The molecule has 0 saturated carbocycles. The van der Waals surface area contributed by atoms with E-state index in [1.54, 1.807) is 6.20 Å². The standard InChI is InChI=1S/C16H16N4O2S/c21-23(22,17-11-14-7-3-1-4-8-14)13-20-12-16(18-19-20)15-9-5-2-6-10-15/h1-10,12,17H,11,13H2. The van der Waals surface area contributed by atoms with Crippen LogP contribution < -0.4 is 4.72 Å². The van der Waals surface area contributed by atoms with Crippen LogP contribution in [0.15, 0.2) is 66.9 Å². The largest absolute Gasteiger partial charge is 0.235 e. The summed E-state index contributed by atoms with van der Waals surface area (Å²) in [6, 6.07) is 18.9. The Morgan fingerprint density at radius 1 is 0.957 bits per heavy atom. The number of sulfonamides is 1. The Labute approximate surface area is 134 Å². The lowest BCUT2D eigenvalue weighted by Gasteiger charge is -2.06. The smallest absolute Gasteiger partial charge is 0.232 e. The van der Waals surface area contributed by atoms with E-state index >= 15 is 0 Å². The Morgan fingerprint density at radius 2 is 1.61 bits per heavy atom. The number of nitrogens with one attached hydrogen (secondary N) is 1. The monoisotopic (exact) mass is 328 g/mol. The van der Waals surface area contributed by atoms with Crippen LogP contribution in [0, 0.1) is 0 Å². The second-order valence-electron chi connectivity index (χ2n) is 5.06. The molecule has 1 N–H and O–H groups in total. The molecule has 1 aromatic heterocycles. The average Bonchev–Trinajstić information content (AvgIpc) is 3.03. The highest BCUT2D eigenvalue weighted by atomic mass is 32.2. The van der Waals surface area contributed by atoms with E-state index in [1.165, 1.54) is 4.68 Å². The van der Waals surface area contributed by atoms with Crippen LogP contribution in [-0.4, -0.2) is 23.4 Å². The first kappa shape index (κ1) is 15.4. The molecule has 0 fully saturated rings. The summed E-state index contributed by atoms with van der Waals surface area (Å²) < 4.78 is 28.1. The molecule has 0 unspecified atom stereocenters. The zero-order valence-electron chi connectivity index (χ0n) is 12.3. The maximum absolute atomic E-state index is 12.1. The second-order valence-corrected chi connectivity index (χ2v) is 6.84. The third kappa shape index (κ3) is 4.24. The van der Waals surface area contributed by atoms with Gasteiger partial charge in [0.05, 0.1) is 6.20 Å². The van der Waals surface area contributed by atoms with Gasteiger partial charge >= 0.3 is 0 Å². The van der Waals surface area contributed by atoms with E-state index in [4.69, 9.17) is 0 Å². The van der Waals surface area contributed by atoms with Crippen molar-refractivity contribution in [1.29, 1.82) is 0 Å². The van der Waals surface area contributed by atoms with Gasteiger partial charge in [0.2, 0.25) is 10.0 Å². The molecule has 0 radical (unpaired) electrons. The van der Waals surface area contributed by atoms with Crippen LogP contribution >= 0.6 is 0 Å². The van der Waals surface area contributed by atoms with Crippen LogP contribution in [0.25, 0.3) is 11.3 Å². The van der Waals surface area contributed by atoms with Crippen molar-refractivity contribution in [2.45, 2.75) is 12.4 Å². The quantitative estimate of drug-likeness (QED) is 0.751. The summed E-state index contributed by atoms with van der Waals surface area (Å²) in [7, 11) is -3.49. The van der Waals surface area contributed by atoms with Crippen molar-refractivity contribution in [1.82, 2.24) is 19.7 Å². The maximum Gasteiger partial charge on any atom is 0.232 e. The predicted octanol–water partition coefficient (Wildman–Crippen LogP) is 2.02. The fourth-order valence-corrected chi connectivity index (χ4v) is 3.06. The molecule has 0 saturated heterocycles. The molecule has 0 aliphatic heterocycles. The second kappa shape index (κ2) is 6.72. The van der Waals surface area contributed by atoms with Gasteiger partial charge in [0.15, 0.2) is 5.88 Å². The van der Waals surface area contributed by atoms with Gasteiger partial charge in [-0.25, -0.2) is 17.8 Å². The Kier molecular flexibility index (Phi) is 4.50. The molecule has 0 amide bonds. The third-order valence-corrected chi connectivity index (χ3v) is 4.44. The van der Waals surface area contributed by atoms with Crippen LogP contribution in [0.1, 0.15) is 5.56 Å². The highest BCUT2D eigenvalue weighted by molar-refractivity contribution is 7.88.